The summed E-state index contributed by atoms with van der Waals surface area (Å²) >= 11 is 0. The summed E-state index contributed by atoms with van der Waals surface area (Å²) in [6, 6.07) is 49.2. The fraction of sp³-hybridized carbons (Fsp3) is 0.321. The van der Waals surface area contributed by atoms with E-state index < -0.39 is 0 Å². The molecule has 0 amide bonds. The highest BCUT2D eigenvalue weighted by molar-refractivity contribution is 5.93. The summed E-state index contributed by atoms with van der Waals surface area (Å²) in [6.07, 6.45) is 5.67. The SMILES string of the molecule is CC(C)(C)c1cccc2c1-c1ccc(N(c3ccc4c(c3)C(C)(C)c3ccccc3-4)c3ccccc3-c3ccc(C4CC5CCC4C5)cc3)cc1C2(C)C. The summed E-state index contributed by atoms with van der Waals surface area (Å²) in [4.78, 5) is 2.54. The van der Waals surface area contributed by atoms with Gasteiger partial charge < -0.3 is 4.90 Å². The molecule has 4 aliphatic rings. The molecule has 10 rings (SSSR count). The van der Waals surface area contributed by atoms with E-state index in [1.54, 1.807) is 0 Å². The van der Waals surface area contributed by atoms with Gasteiger partial charge in [0, 0.05) is 27.8 Å². The molecule has 0 heterocycles. The van der Waals surface area contributed by atoms with Crippen molar-refractivity contribution in [1.29, 1.82) is 0 Å². The van der Waals surface area contributed by atoms with Gasteiger partial charge in [0.15, 0.2) is 0 Å². The Kier molecular flexibility index (Phi) is 7.36. The van der Waals surface area contributed by atoms with Crippen molar-refractivity contribution in [3.05, 3.63) is 161 Å². The molecule has 0 N–H and O–H groups in total. The summed E-state index contributed by atoms with van der Waals surface area (Å²) in [7, 11) is 0. The van der Waals surface area contributed by atoms with Gasteiger partial charge in [-0.15, -0.1) is 0 Å². The number of hydrogen-bond donors (Lipinski definition) is 0. The van der Waals surface area contributed by atoms with E-state index in [1.807, 2.05) is 0 Å². The van der Waals surface area contributed by atoms with E-state index in [2.05, 4.69) is 181 Å². The van der Waals surface area contributed by atoms with Crippen molar-refractivity contribution in [3.63, 3.8) is 0 Å². The van der Waals surface area contributed by atoms with Crippen molar-refractivity contribution >= 4 is 17.1 Å². The van der Waals surface area contributed by atoms with Crippen LogP contribution in [0, 0.1) is 11.8 Å². The molecule has 6 aromatic carbocycles. The zero-order valence-electron chi connectivity index (χ0n) is 33.1. The Morgan fingerprint density at radius 3 is 1.83 bits per heavy atom. The Morgan fingerprint density at radius 1 is 0.537 bits per heavy atom. The van der Waals surface area contributed by atoms with Crippen molar-refractivity contribution < 1.29 is 0 Å². The fourth-order valence-electron chi connectivity index (χ4n) is 11.3. The molecule has 2 bridgehead atoms. The molecule has 0 spiro atoms. The van der Waals surface area contributed by atoms with Gasteiger partial charge in [0.05, 0.1) is 5.69 Å². The maximum atomic E-state index is 2.54. The number of rotatable bonds is 5. The predicted octanol–water partition coefficient (Wildman–Crippen LogP) is 14.6. The van der Waals surface area contributed by atoms with E-state index >= 15 is 0 Å². The summed E-state index contributed by atoms with van der Waals surface area (Å²) < 4.78 is 0. The molecule has 0 saturated heterocycles. The molecule has 1 nitrogen and oxygen atoms in total. The first-order chi connectivity index (χ1) is 25.9. The number of fused-ring (bicyclic) bond motifs is 8. The van der Waals surface area contributed by atoms with Gasteiger partial charge in [0.1, 0.15) is 0 Å². The van der Waals surface area contributed by atoms with Gasteiger partial charge in [0.25, 0.3) is 0 Å². The molecular formula is C53H53N. The Balaban J connectivity index is 1.14. The van der Waals surface area contributed by atoms with E-state index in [9.17, 15) is 0 Å². The molecule has 4 aliphatic carbocycles. The van der Waals surface area contributed by atoms with Crippen LogP contribution in [0.15, 0.2) is 127 Å². The van der Waals surface area contributed by atoms with Crippen molar-refractivity contribution in [2.24, 2.45) is 11.8 Å². The number of hydrogen-bond acceptors (Lipinski definition) is 1. The lowest BCUT2D eigenvalue weighted by molar-refractivity contribution is 0.420. The average molecular weight is 704 g/mol. The lowest BCUT2D eigenvalue weighted by atomic mass is 9.79. The molecule has 3 atom stereocenters. The monoisotopic (exact) mass is 703 g/mol. The largest absolute Gasteiger partial charge is 0.310 e. The first kappa shape index (κ1) is 33.7. The number of benzene rings is 6. The van der Waals surface area contributed by atoms with Crippen LogP contribution < -0.4 is 4.90 Å². The Labute approximate surface area is 323 Å². The topological polar surface area (TPSA) is 3.24 Å². The minimum atomic E-state index is -0.121. The van der Waals surface area contributed by atoms with Crippen LogP contribution in [0.1, 0.15) is 113 Å². The molecule has 0 aromatic heterocycles. The van der Waals surface area contributed by atoms with Crippen molar-refractivity contribution in [1.82, 2.24) is 0 Å². The lowest BCUT2D eigenvalue weighted by Crippen LogP contribution is -2.18. The normalized spacial score (nSPS) is 21.1. The van der Waals surface area contributed by atoms with Crippen LogP contribution in [0.2, 0.25) is 0 Å². The lowest BCUT2D eigenvalue weighted by Gasteiger charge is -2.31. The molecule has 1 heteroatoms. The summed E-state index contributed by atoms with van der Waals surface area (Å²) in [5.74, 6) is 2.57. The zero-order valence-corrected chi connectivity index (χ0v) is 33.1. The van der Waals surface area contributed by atoms with Gasteiger partial charge in [-0.05, 0) is 134 Å². The first-order valence-corrected chi connectivity index (χ1v) is 20.4. The van der Waals surface area contributed by atoms with E-state index in [0.717, 1.165) is 17.8 Å². The minimum Gasteiger partial charge on any atom is -0.310 e. The molecular weight excluding hydrogens is 651 g/mol. The highest BCUT2D eigenvalue weighted by Crippen LogP contribution is 2.56. The van der Waals surface area contributed by atoms with Crippen LogP contribution in [-0.4, -0.2) is 0 Å². The van der Waals surface area contributed by atoms with Crippen LogP contribution >= 0.6 is 0 Å². The van der Waals surface area contributed by atoms with Gasteiger partial charge in [-0.3, -0.25) is 0 Å². The highest BCUT2D eigenvalue weighted by Gasteiger charge is 2.41. The molecule has 0 aliphatic heterocycles. The summed E-state index contributed by atoms with van der Waals surface area (Å²) in [5.41, 5.74) is 20.1. The van der Waals surface area contributed by atoms with Crippen LogP contribution in [0.3, 0.4) is 0 Å². The second-order valence-electron chi connectivity index (χ2n) is 19.0. The van der Waals surface area contributed by atoms with Crippen molar-refractivity contribution in [3.8, 4) is 33.4 Å². The van der Waals surface area contributed by atoms with Gasteiger partial charge in [-0.25, -0.2) is 0 Å². The van der Waals surface area contributed by atoms with Gasteiger partial charge in [-0.1, -0.05) is 152 Å². The fourth-order valence-corrected chi connectivity index (χ4v) is 11.3. The third kappa shape index (κ3) is 4.96. The maximum absolute atomic E-state index is 2.54. The second kappa shape index (κ2) is 11.8. The highest BCUT2D eigenvalue weighted by atomic mass is 15.1. The first-order valence-electron chi connectivity index (χ1n) is 20.4. The maximum Gasteiger partial charge on any atom is 0.0540 e. The van der Waals surface area contributed by atoms with Crippen molar-refractivity contribution in [2.75, 3.05) is 4.90 Å². The Morgan fingerprint density at radius 2 is 1.15 bits per heavy atom. The van der Waals surface area contributed by atoms with E-state index in [4.69, 9.17) is 0 Å². The standard InChI is InChI=1S/C53H53N/c1-51(2,3)45-16-12-17-46-50(45)42-28-26-38(32-48(42)53(46,6)7)54(37-25-27-41-40-14-8-10-15-44(40)52(4,5)47(41)31-37)49-18-11-9-13-39(49)34-21-23-35(24-22-34)43-30-33-19-20-36(43)29-33/h8-18,21-28,31-33,36,43H,19-20,29-30H2,1-7H3. The predicted molar refractivity (Wildman–Crippen MR) is 229 cm³/mol. The molecule has 2 saturated carbocycles. The second-order valence-corrected chi connectivity index (χ2v) is 19.0. The number of para-hydroxylation sites is 1. The third-order valence-electron chi connectivity index (χ3n) is 14.1. The van der Waals surface area contributed by atoms with Crippen LogP contribution in [0.4, 0.5) is 17.1 Å². The molecule has 270 valence electrons. The van der Waals surface area contributed by atoms with Crippen LogP contribution in [0.5, 0.6) is 0 Å². The smallest absolute Gasteiger partial charge is 0.0540 e. The average Bonchev–Trinajstić information content (AvgIpc) is 3.92. The summed E-state index contributed by atoms with van der Waals surface area (Å²) in [5, 5.41) is 0. The van der Waals surface area contributed by atoms with E-state index in [1.165, 1.54) is 110 Å². The molecule has 54 heavy (non-hydrogen) atoms. The zero-order chi connectivity index (χ0) is 37.1. The Hall–Kier alpha value is -4.88. The van der Waals surface area contributed by atoms with E-state index in [-0.39, 0.29) is 16.2 Å². The minimum absolute atomic E-state index is 0.0500. The quantitative estimate of drug-likeness (QED) is 0.173. The number of nitrogens with zero attached hydrogens (tertiary/aromatic N) is 1. The molecule has 3 unspecified atom stereocenters. The van der Waals surface area contributed by atoms with Crippen molar-refractivity contribution in [2.45, 2.75) is 96.3 Å². The van der Waals surface area contributed by atoms with Gasteiger partial charge in [-0.2, -0.15) is 0 Å². The van der Waals surface area contributed by atoms with Gasteiger partial charge >= 0.3 is 0 Å². The molecule has 6 aromatic rings. The molecule has 2 fully saturated rings. The third-order valence-corrected chi connectivity index (χ3v) is 14.1. The number of anilines is 3. The Bertz CT molecular complexity index is 2450. The summed E-state index contributed by atoms with van der Waals surface area (Å²) in [6.45, 7) is 16.6. The van der Waals surface area contributed by atoms with E-state index in [0.29, 0.717) is 0 Å². The van der Waals surface area contributed by atoms with Crippen LogP contribution in [0.25, 0.3) is 33.4 Å². The van der Waals surface area contributed by atoms with Crippen LogP contribution in [-0.2, 0) is 16.2 Å². The molecule has 0 radical (unpaired) electrons. The van der Waals surface area contributed by atoms with Gasteiger partial charge in [0.2, 0.25) is 0 Å².